The average molecular weight is 210 g/mol. The van der Waals surface area contributed by atoms with Gasteiger partial charge in [-0.25, -0.2) is 0 Å². The number of aryl methyl sites for hydroxylation is 2. The molecule has 0 amide bonds. The van der Waals surface area contributed by atoms with E-state index >= 15 is 0 Å². The number of anilines is 1. The van der Waals surface area contributed by atoms with E-state index in [4.69, 9.17) is 5.73 Å². The standard InChI is InChI=1S/C14H14N2/c1-9-3-5-13-11(7-9)12-8-10(15)4-6-14(12)16(13)2/h3-8H,15H2,1-2H3. The SMILES string of the molecule is Cc1ccc2c(c1)c1cc(N)ccc1n2C. The van der Waals surface area contributed by atoms with Crippen molar-refractivity contribution in [1.29, 1.82) is 0 Å². The summed E-state index contributed by atoms with van der Waals surface area (Å²) >= 11 is 0. The third-order valence-corrected chi connectivity index (χ3v) is 3.19. The Kier molecular flexibility index (Phi) is 1.75. The van der Waals surface area contributed by atoms with Gasteiger partial charge in [0.05, 0.1) is 0 Å². The van der Waals surface area contributed by atoms with Gasteiger partial charge >= 0.3 is 0 Å². The number of fused-ring (bicyclic) bond motifs is 3. The number of hydrogen-bond donors (Lipinski definition) is 1. The molecule has 0 saturated carbocycles. The molecule has 1 aromatic heterocycles. The lowest BCUT2D eigenvalue weighted by molar-refractivity contribution is 1.01. The van der Waals surface area contributed by atoms with Crippen LogP contribution in [0.5, 0.6) is 0 Å². The molecular weight excluding hydrogens is 196 g/mol. The maximum Gasteiger partial charge on any atom is 0.0490 e. The zero-order valence-electron chi connectivity index (χ0n) is 9.49. The normalized spacial score (nSPS) is 11.4. The topological polar surface area (TPSA) is 30.9 Å². The average Bonchev–Trinajstić information content (AvgIpc) is 2.52. The molecule has 0 aliphatic rings. The summed E-state index contributed by atoms with van der Waals surface area (Å²) in [5, 5.41) is 2.52. The molecule has 2 heteroatoms. The van der Waals surface area contributed by atoms with E-state index in [1.54, 1.807) is 0 Å². The largest absolute Gasteiger partial charge is 0.399 e. The zero-order valence-corrected chi connectivity index (χ0v) is 9.49. The number of aromatic nitrogens is 1. The van der Waals surface area contributed by atoms with Gasteiger partial charge in [-0.1, -0.05) is 11.6 Å². The molecule has 0 spiro atoms. The monoisotopic (exact) mass is 210 g/mol. The van der Waals surface area contributed by atoms with E-state index in [0.717, 1.165) is 5.69 Å². The summed E-state index contributed by atoms with van der Waals surface area (Å²) < 4.78 is 2.21. The zero-order chi connectivity index (χ0) is 11.3. The van der Waals surface area contributed by atoms with Crippen molar-refractivity contribution in [3.05, 3.63) is 42.0 Å². The van der Waals surface area contributed by atoms with Crippen molar-refractivity contribution in [2.75, 3.05) is 5.73 Å². The molecule has 3 aromatic rings. The summed E-state index contributed by atoms with van der Waals surface area (Å²) in [5.41, 5.74) is 10.4. The molecule has 2 aromatic carbocycles. The smallest absolute Gasteiger partial charge is 0.0490 e. The third kappa shape index (κ3) is 1.13. The van der Waals surface area contributed by atoms with Gasteiger partial charge < -0.3 is 10.3 Å². The summed E-state index contributed by atoms with van der Waals surface area (Å²) in [4.78, 5) is 0. The van der Waals surface area contributed by atoms with Crippen molar-refractivity contribution in [1.82, 2.24) is 4.57 Å². The van der Waals surface area contributed by atoms with Crippen LogP contribution in [0.1, 0.15) is 5.56 Å². The minimum atomic E-state index is 0.821. The highest BCUT2D eigenvalue weighted by molar-refractivity contribution is 6.09. The molecule has 0 radical (unpaired) electrons. The maximum absolute atomic E-state index is 5.85. The highest BCUT2D eigenvalue weighted by Gasteiger charge is 2.07. The molecule has 0 bridgehead atoms. The fraction of sp³-hybridized carbons (Fsp3) is 0.143. The summed E-state index contributed by atoms with van der Waals surface area (Å²) in [5.74, 6) is 0. The van der Waals surface area contributed by atoms with E-state index < -0.39 is 0 Å². The first-order valence-corrected chi connectivity index (χ1v) is 5.41. The van der Waals surface area contributed by atoms with E-state index in [9.17, 15) is 0 Å². The predicted octanol–water partition coefficient (Wildman–Crippen LogP) is 3.22. The van der Waals surface area contributed by atoms with Crippen molar-refractivity contribution in [3.8, 4) is 0 Å². The van der Waals surface area contributed by atoms with Crippen molar-refractivity contribution in [2.24, 2.45) is 7.05 Å². The van der Waals surface area contributed by atoms with Crippen molar-refractivity contribution >= 4 is 27.5 Å². The number of benzene rings is 2. The second kappa shape index (κ2) is 3.01. The lowest BCUT2D eigenvalue weighted by atomic mass is 10.1. The molecule has 2 nitrogen and oxygen atoms in total. The van der Waals surface area contributed by atoms with Crippen LogP contribution in [-0.2, 0) is 7.05 Å². The molecule has 16 heavy (non-hydrogen) atoms. The third-order valence-electron chi connectivity index (χ3n) is 3.19. The Morgan fingerprint density at radius 1 is 0.938 bits per heavy atom. The molecule has 80 valence electrons. The van der Waals surface area contributed by atoms with Crippen LogP contribution in [0.3, 0.4) is 0 Å². The van der Waals surface area contributed by atoms with Crippen LogP contribution in [0.4, 0.5) is 5.69 Å². The molecule has 3 rings (SSSR count). The highest BCUT2D eigenvalue weighted by Crippen LogP contribution is 2.29. The first-order valence-electron chi connectivity index (χ1n) is 5.41. The quantitative estimate of drug-likeness (QED) is 0.567. The van der Waals surface area contributed by atoms with Gasteiger partial charge in [-0.2, -0.15) is 0 Å². The van der Waals surface area contributed by atoms with Crippen LogP contribution < -0.4 is 5.73 Å². The molecule has 0 saturated heterocycles. The number of rotatable bonds is 0. The number of nitrogens with zero attached hydrogens (tertiary/aromatic N) is 1. The molecule has 0 unspecified atom stereocenters. The van der Waals surface area contributed by atoms with Gasteiger partial charge in [0.1, 0.15) is 0 Å². The van der Waals surface area contributed by atoms with Gasteiger partial charge in [-0.3, -0.25) is 0 Å². The molecular formula is C14H14N2. The van der Waals surface area contributed by atoms with E-state index in [1.165, 1.54) is 27.4 Å². The molecule has 0 atom stereocenters. The lowest BCUT2D eigenvalue weighted by Gasteiger charge is -1.97. The van der Waals surface area contributed by atoms with Crippen LogP contribution >= 0.6 is 0 Å². The van der Waals surface area contributed by atoms with Gasteiger partial charge in [-0.15, -0.1) is 0 Å². The number of hydrogen-bond acceptors (Lipinski definition) is 1. The van der Waals surface area contributed by atoms with Gasteiger partial charge in [-0.05, 0) is 37.3 Å². The Labute approximate surface area is 94.3 Å². The van der Waals surface area contributed by atoms with Crippen LogP contribution in [0.25, 0.3) is 21.8 Å². The Hall–Kier alpha value is -1.96. The molecule has 0 fully saturated rings. The molecule has 0 aliphatic heterocycles. The van der Waals surface area contributed by atoms with Gasteiger partial charge in [0, 0.05) is 34.5 Å². The van der Waals surface area contributed by atoms with Crippen molar-refractivity contribution in [3.63, 3.8) is 0 Å². The van der Waals surface area contributed by atoms with Crippen molar-refractivity contribution in [2.45, 2.75) is 6.92 Å². The fourth-order valence-electron chi connectivity index (χ4n) is 2.35. The predicted molar refractivity (Wildman–Crippen MR) is 69.6 cm³/mol. The first kappa shape index (κ1) is 9.28. The second-order valence-electron chi connectivity index (χ2n) is 4.36. The summed E-state index contributed by atoms with van der Waals surface area (Å²) in [6, 6.07) is 12.6. The van der Waals surface area contributed by atoms with Gasteiger partial charge in [0.2, 0.25) is 0 Å². The molecule has 0 aliphatic carbocycles. The maximum atomic E-state index is 5.85. The van der Waals surface area contributed by atoms with Crippen molar-refractivity contribution < 1.29 is 0 Å². The number of nitrogen functional groups attached to an aromatic ring is 1. The molecule has 1 heterocycles. The van der Waals surface area contributed by atoms with E-state index in [0.29, 0.717) is 0 Å². The summed E-state index contributed by atoms with van der Waals surface area (Å²) in [6.45, 7) is 2.12. The minimum Gasteiger partial charge on any atom is -0.399 e. The summed E-state index contributed by atoms with van der Waals surface area (Å²) in [7, 11) is 2.09. The molecule has 2 N–H and O–H groups in total. The van der Waals surface area contributed by atoms with E-state index in [2.05, 4.69) is 48.9 Å². The van der Waals surface area contributed by atoms with Gasteiger partial charge in [0.15, 0.2) is 0 Å². The Morgan fingerprint density at radius 2 is 1.56 bits per heavy atom. The first-order chi connectivity index (χ1) is 7.66. The Bertz CT molecular complexity index is 633. The Balaban J connectivity index is 2.60. The van der Waals surface area contributed by atoms with E-state index in [-0.39, 0.29) is 0 Å². The lowest BCUT2D eigenvalue weighted by Crippen LogP contribution is -1.87. The van der Waals surface area contributed by atoms with Crippen LogP contribution in [0.2, 0.25) is 0 Å². The second-order valence-corrected chi connectivity index (χ2v) is 4.36. The Morgan fingerprint density at radius 3 is 2.31 bits per heavy atom. The van der Waals surface area contributed by atoms with Crippen LogP contribution in [0, 0.1) is 6.92 Å². The van der Waals surface area contributed by atoms with E-state index in [1.807, 2.05) is 6.07 Å². The van der Waals surface area contributed by atoms with Gasteiger partial charge in [0.25, 0.3) is 0 Å². The van der Waals surface area contributed by atoms with Crippen LogP contribution in [-0.4, -0.2) is 4.57 Å². The van der Waals surface area contributed by atoms with Crippen LogP contribution in [0.15, 0.2) is 36.4 Å². The number of nitrogens with two attached hydrogens (primary N) is 1. The highest BCUT2D eigenvalue weighted by atomic mass is 14.9. The fourth-order valence-corrected chi connectivity index (χ4v) is 2.35. The summed E-state index contributed by atoms with van der Waals surface area (Å²) in [6.07, 6.45) is 0. The minimum absolute atomic E-state index is 0.821.